The fourth-order valence-corrected chi connectivity index (χ4v) is 2.40. The number of carbonyl (C=O) groups excluding carboxylic acids is 1. The van der Waals surface area contributed by atoms with Crippen LogP contribution in [0.1, 0.15) is 57.9 Å². The van der Waals surface area contributed by atoms with Crippen molar-refractivity contribution in [1.29, 1.82) is 0 Å². The molecule has 1 saturated carbocycles. The van der Waals surface area contributed by atoms with Gasteiger partial charge < -0.3 is 4.74 Å². The maximum absolute atomic E-state index is 12.1. The van der Waals surface area contributed by atoms with E-state index in [9.17, 15) is 9.59 Å². The second-order valence-electron chi connectivity index (χ2n) is 5.19. The lowest BCUT2D eigenvalue weighted by molar-refractivity contribution is -0.144. The van der Waals surface area contributed by atoms with Crippen molar-refractivity contribution in [2.75, 3.05) is 6.61 Å². The molecular formula is C13H22N4O3. The van der Waals surface area contributed by atoms with Gasteiger partial charge in [0.2, 0.25) is 0 Å². The van der Waals surface area contributed by atoms with E-state index in [4.69, 9.17) is 4.74 Å². The van der Waals surface area contributed by atoms with Crippen LogP contribution in [-0.2, 0) is 16.1 Å². The molecule has 0 aliphatic heterocycles. The zero-order valence-electron chi connectivity index (χ0n) is 12.0. The molecule has 0 amide bonds. The highest BCUT2D eigenvalue weighted by Gasteiger charge is 2.21. The van der Waals surface area contributed by atoms with Crippen LogP contribution < -0.4 is 5.69 Å². The molecule has 1 aromatic heterocycles. The summed E-state index contributed by atoms with van der Waals surface area (Å²) in [5.41, 5.74) is -0.224. The Hall–Kier alpha value is -1.66. The molecule has 0 bridgehead atoms. The fourth-order valence-electron chi connectivity index (χ4n) is 2.40. The molecule has 0 atom stereocenters. The third kappa shape index (κ3) is 3.68. The molecule has 1 aliphatic carbocycles. The monoisotopic (exact) mass is 282 g/mol. The van der Waals surface area contributed by atoms with Crippen LogP contribution in [0.3, 0.4) is 0 Å². The Kier molecular flexibility index (Phi) is 5.31. The van der Waals surface area contributed by atoms with Gasteiger partial charge in [-0.05, 0) is 29.7 Å². The van der Waals surface area contributed by atoms with Gasteiger partial charge in [0.05, 0.1) is 25.6 Å². The number of hydrogen-bond acceptors (Lipinski definition) is 5. The van der Waals surface area contributed by atoms with Gasteiger partial charge in [-0.2, -0.15) is 9.36 Å². The van der Waals surface area contributed by atoms with Gasteiger partial charge in [-0.15, -0.1) is 0 Å². The minimum absolute atomic E-state index is 0.160. The summed E-state index contributed by atoms with van der Waals surface area (Å²) >= 11 is 0. The highest BCUT2D eigenvalue weighted by atomic mass is 16.5. The Labute approximate surface area is 117 Å². The molecule has 0 spiro atoms. The van der Waals surface area contributed by atoms with E-state index in [-0.39, 0.29) is 30.7 Å². The summed E-state index contributed by atoms with van der Waals surface area (Å²) in [5, 5.41) is 7.75. The molecule has 1 aromatic rings. The summed E-state index contributed by atoms with van der Waals surface area (Å²) in [7, 11) is 0. The highest BCUT2D eigenvalue weighted by Crippen LogP contribution is 2.27. The number of unbranched alkanes of at least 4 members (excludes halogenated alkanes) is 1. The Bertz CT molecular complexity index is 488. The molecule has 0 saturated heterocycles. The Morgan fingerprint density at radius 2 is 2.10 bits per heavy atom. The lowest BCUT2D eigenvalue weighted by Crippen LogP contribution is -2.28. The molecule has 7 nitrogen and oxygen atoms in total. The SMILES string of the molecule is CCCCOC(=O)CCn1nnn(C2CCCC2)c1=O. The van der Waals surface area contributed by atoms with E-state index in [1.54, 1.807) is 0 Å². The van der Waals surface area contributed by atoms with Gasteiger partial charge in [0.1, 0.15) is 0 Å². The average Bonchev–Trinajstić information content (AvgIpc) is 3.06. The molecule has 112 valence electrons. The maximum Gasteiger partial charge on any atom is 0.363 e. The molecule has 1 aliphatic rings. The summed E-state index contributed by atoms with van der Waals surface area (Å²) in [5.74, 6) is -0.291. The number of ether oxygens (including phenoxy) is 1. The van der Waals surface area contributed by atoms with E-state index in [0.29, 0.717) is 6.61 Å². The molecular weight excluding hydrogens is 260 g/mol. The van der Waals surface area contributed by atoms with Crippen LogP contribution in [-0.4, -0.2) is 32.4 Å². The predicted octanol–water partition coefficient (Wildman–Crippen LogP) is 1.29. The second kappa shape index (κ2) is 7.21. The second-order valence-corrected chi connectivity index (χ2v) is 5.19. The minimum Gasteiger partial charge on any atom is -0.466 e. The lowest BCUT2D eigenvalue weighted by Gasteiger charge is -2.05. The van der Waals surface area contributed by atoms with E-state index in [0.717, 1.165) is 38.5 Å². The molecule has 0 unspecified atom stereocenters. The van der Waals surface area contributed by atoms with Crippen molar-refractivity contribution >= 4 is 5.97 Å². The van der Waals surface area contributed by atoms with Crippen molar-refractivity contribution in [3.8, 4) is 0 Å². The lowest BCUT2D eigenvalue weighted by atomic mass is 10.3. The predicted molar refractivity (Wildman–Crippen MR) is 72.3 cm³/mol. The van der Waals surface area contributed by atoms with Crippen LogP contribution in [0.25, 0.3) is 0 Å². The van der Waals surface area contributed by atoms with E-state index in [1.165, 1.54) is 9.36 Å². The summed E-state index contributed by atoms with van der Waals surface area (Å²) in [4.78, 5) is 23.6. The quantitative estimate of drug-likeness (QED) is 0.556. The molecule has 1 fully saturated rings. The van der Waals surface area contributed by atoms with Gasteiger partial charge in [-0.3, -0.25) is 4.79 Å². The number of nitrogens with zero attached hydrogens (tertiary/aromatic N) is 4. The van der Waals surface area contributed by atoms with Crippen LogP contribution in [0.5, 0.6) is 0 Å². The topological polar surface area (TPSA) is 79.0 Å². The average molecular weight is 282 g/mol. The van der Waals surface area contributed by atoms with Crippen LogP contribution in [0.15, 0.2) is 4.79 Å². The van der Waals surface area contributed by atoms with Crippen molar-refractivity contribution in [2.24, 2.45) is 0 Å². The van der Waals surface area contributed by atoms with Crippen molar-refractivity contribution in [3.05, 3.63) is 10.5 Å². The number of aromatic nitrogens is 4. The zero-order valence-corrected chi connectivity index (χ0v) is 12.0. The van der Waals surface area contributed by atoms with Crippen LogP contribution in [0, 0.1) is 0 Å². The van der Waals surface area contributed by atoms with E-state index in [2.05, 4.69) is 10.4 Å². The van der Waals surface area contributed by atoms with Crippen molar-refractivity contribution in [3.63, 3.8) is 0 Å². The molecule has 0 radical (unpaired) electrons. The number of rotatable bonds is 7. The Morgan fingerprint density at radius 1 is 1.35 bits per heavy atom. The Balaban J connectivity index is 1.84. The van der Waals surface area contributed by atoms with Gasteiger partial charge in [0.25, 0.3) is 0 Å². The first-order chi connectivity index (χ1) is 9.72. The van der Waals surface area contributed by atoms with Crippen molar-refractivity contribution in [1.82, 2.24) is 19.8 Å². The van der Waals surface area contributed by atoms with Gasteiger partial charge in [0.15, 0.2) is 0 Å². The molecule has 2 rings (SSSR count). The number of hydrogen-bond donors (Lipinski definition) is 0. The van der Waals surface area contributed by atoms with E-state index >= 15 is 0 Å². The number of esters is 1. The summed E-state index contributed by atoms with van der Waals surface area (Å²) < 4.78 is 7.74. The van der Waals surface area contributed by atoms with Gasteiger partial charge in [0, 0.05) is 0 Å². The number of aryl methyl sites for hydroxylation is 1. The van der Waals surface area contributed by atoms with E-state index in [1.807, 2.05) is 6.92 Å². The summed E-state index contributed by atoms with van der Waals surface area (Å²) in [6.07, 6.45) is 6.25. The molecule has 1 heterocycles. The molecule has 7 heteroatoms. The Morgan fingerprint density at radius 3 is 2.80 bits per heavy atom. The smallest absolute Gasteiger partial charge is 0.363 e. The molecule has 20 heavy (non-hydrogen) atoms. The third-order valence-electron chi connectivity index (χ3n) is 3.62. The van der Waals surface area contributed by atoms with Crippen molar-refractivity contribution < 1.29 is 9.53 Å². The summed E-state index contributed by atoms with van der Waals surface area (Å²) in [6.45, 7) is 2.71. The van der Waals surface area contributed by atoms with Crippen molar-refractivity contribution in [2.45, 2.75) is 64.5 Å². The first kappa shape index (κ1) is 14.7. The first-order valence-electron chi connectivity index (χ1n) is 7.40. The molecule has 0 N–H and O–H groups in total. The number of carbonyl (C=O) groups is 1. The van der Waals surface area contributed by atoms with Gasteiger partial charge in [-0.1, -0.05) is 26.2 Å². The first-order valence-corrected chi connectivity index (χ1v) is 7.40. The van der Waals surface area contributed by atoms with Gasteiger partial charge in [-0.25, -0.2) is 4.79 Å². The standard InChI is InChI=1S/C13H22N4O3/c1-2-3-10-20-12(18)8-9-16-13(19)17(15-14-16)11-6-4-5-7-11/h11H,2-10H2,1H3. The van der Waals surface area contributed by atoms with Gasteiger partial charge >= 0.3 is 11.7 Å². The summed E-state index contributed by atoms with van der Waals surface area (Å²) in [6, 6.07) is 0.174. The fraction of sp³-hybridized carbons (Fsp3) is 0.846. The van der Waals surface area contributed by atoms with Crippen LogP contribution in [0.2, 0.25) is 0 Å². The number of tetrazole rings is 1. The van der Waals surface area contributed by atoms with E-state index < -0.39 is 0 Å². The normalized spacial score (nSPS) is 15.7. The molecule has 0 aromatic carbocycles. The zero-order chi connectivity index (χ0) is 14.4. The van der Waals surface area contributed by atoms with Crippen LogP contribution >= 0.6 is 0 Å². The third-order valence-corrected chi connectivity index (χ3v) is 3.62. The highest BCUT2D eigenvalue weighted by molar-refractivity contribution is 5.69. The minimum atomic E-state index is -0.291. The van der Waals surface area contributed by atoms with Crippen LogP contribution in [0.4, 0.5) is 0 Å². The largest absolute Gasteiger partial charge is 0.466 e. The maximum atomic E-state index is 12.1.